The van der Waals surface area contributed by atoms with Crippen molar-refractivity contribution in [1.29, 1.82) is 0 Å². The Kier molecular flexibility index (Phi) is 5.63. The highest BCUT2D eigenvalue weighted by molar-refractivity contribution is 6.01. The fourth-order valence-corrected chi connectivity index (χ4v) is 1.56. The highest BCUT2D eigenvalue weighted by Crippen LogP contribution is 2.17. The van der Waals surface area contributed by atoms with E-state index >= 15 is 0 Å². The van der Waals surface area contributed by atoms with E-state index in [0.717, 1.165) is 6.07 Å². The van der Waals surface area contributed by atoms with Gasteiger partial charge in [0.15, 0.2) is 11.6 Å². The number of carbonyl (C=O) groups excluding carboxylic acids is 2. The number of amides is 2. The van der Waals surface area contributed by atoms with Gasteiger partial charge >= 0.3 is 0 Å². The number of hydrogen-bond donors (Lipinski definition) is 3. The lowest BCUT2D eigenvalue weighted by molar-refractivity contribution is -0.122. The average Bonchev–Trinajstić information content (AvgIpc) is 2.39. The SMILES string of the molecule is CC(C)CNC(=O)C(C)NC(=O)c1cc(F)c(F)cc1N. The van der Waals surface area contributed by atoms with Gasteiger partial charge in [-0.2, -0.15) is 0 Å². The number of hydrogen-bond acceptors (Lipinski definition) is 3. The molecule has 1 aromatic rings. The molecule has 7 heteroatoms. The van der Waals surface area contributed by atoms with Crippen LogP contribution >= 0.6 is 0 Å². The van der Waals surface area contributed by atoms with Gasteiger partial charge in [-0.15, -0.1) is 0 Å². The fraction of sp³-hybridized carbons (Fsp3) is 0.429. The minimum Gasteiger partial charge on any atom is -0.398 e. The minimum atomic E-state index is -1.17. The van der Waals surface area contributed by atoms with Crippen molar-refractivity contribution in [3.05, 3.63) is 29.3 Å². The van der Waals surface area contributed by atoms with Crippen molar-refractivity contribution in [1.82, 2.24) is 10.6 Å². The molecule has 0 radical (unpaired) electrons. The second-order valence-electron chi connectivity index (χ2n) is 5.19. The highest BCUT2D eigenvalue weighted by atomic mass is 19.2. The summed E-state index contributed by atoms with van der Waals surface area (Å²) in [4.78, 5) is 23.7. The minimum absolute atomic E-state index is 0.193. The van der Waals surface area contributed by atoms with Gasteiger partial charge in [-0.1, -0.05) is 13.8 Å². The maximum absolute atomic E-state index is 13.1. The normalized spacial score (nSPS) is 12.1. The maximum Gasteiger partial charge on any atom is 0.254 e. The van der Waals surface area contributed by atoms with E-state index in [-0.39, 0.29) is 23.1 Å². The van der Waals surface area contributed by atoms with E-state index in [4.69, 9.17) is 5.73 Å². The van der Waals surface area contributed by atoms with Gasteiger partial charge in [-0.05, 0) is 18.9 Å². The Morgan fingerprint density at radius 3 is 2.33 bits per heavy atom. The summed E-state index contributed by atoms with van der Waals surface area (Å²) in [6.45, 7) is 5.84. The number of anilines is 1. The molecule has 0 aromatic heterocycles. The molecular formula is C14H19F2N3O2. The molecule has 5 nitrogen and oxygen atoms in total. The molecule has 0 saturated heterocycles. The summed E-state index contributed by atoms with van der Waals surface area (Å²) in [5.74, 6) is -3.13. The fourth-order valence-electron chi connectivity index (χ4n) is 1.56. The van der Waals surface area contributed by atoms with Crippen LogP contribution in [0.3, 0.4) is 0 Å². The number of rotatable bonds is 5. The summed E-state index contributed by atoms with van der Waals surface area (Å²) >= 11 is 0. The van der Waals surface area contributed by atoms with Crippen LogP contribution in [0.5, 0.6) is 0 Å². The topological polar surface area (TPSA) is 84.2 Å². The van der Waals surface area contributed by atoms with Crippen molar-refractivity contribution in [2.75, 3.05) is 12.3 Å². The van der Waals surface area contributed by atoms with Crippen molar-refractivity contribution in [2.24, 2.45) is 5.92 Å². The lowest BCUT2D eigenvalue weighted by atomic mass is 10.1. The Balaban J connectivity index is 2.73. The molecule has 0 spiro atoms. The summed E-state index contributed by atoms with van der Waals surface area (Å²) in [5.41, 5.74) is 5.07. The Morgan fingerprint density at radius 1 is 1.19 bits per heavy atom. The van der Waals surface area contributed by atoms with Gasteiger partial charge in [0, 0.05) is 18.3 Å². The van der Waals surface area contributed by atoms with Crippen LogP contribution in [0, 0.1) is 17.6 Å². The zero-order chi connectivity index (χ0) is 16.2. The molecule has 0 aliphatic carbocycles. The van der Waals surface area contributed by atoms with Crippen molar-refractivity contribution >= 4 is 17.5 Å². The quantitative estimate of drug-likeness (QED) is 0.719. The van der Waals surface area contributed by atoms with E-state index in [1.54, 1.807) is 0 Å². The van der Waals surface area contributed by atoms with Crippen LogP contribution in [0.25, 0.3) is 0 Å². The van der Waals surface area contributed by atoms with E-state index in [1.807, 2.05) is 13.8 Å². The zero-order valence-corrected chi connectivity index (χ0v) is 12.2. The second-order valence-corrected chi connectivity index (χ2v) is 5.19. The average molecular weight is 299 g/mol. The lowest BCUT2D eigenvalue weighted by Crippen LogP contribution is -2.45. The predicted octanol–water partition coefficient (Wildman–Crippen LogP) is 1.44. The molecule has 0 fully saturated rings. The first-order chi connectivity index (χ1) is 9.72. The molecule has 4 N–H and O–H groups in total. The van der Waals surface area contributed by atoms with Crippen LogP contribution < -0.4 is 16.4 Å². The molecule has 0 heterocycles. The van der Waals surface area contributed by atoms with Crippen molar-refractivity contribution < 1.29 is 18.4 Å². The van der Waals surface area contributed by atoms with E-state index in [9.17, 15) is 18.4 Å². The largest absolute Gasteiger partial charge is 0.398 e. The van der Waals surface area contributed by atoms with Gasteiger partial charge in [0.05, 0.1) is 5.56 Å². The van der Waals surface area contributed by atoms with Crippen molar-refractivity contribution in [2.45, 2.75) is 26.8 Å². The van der Waals surface area contributed by atoms with E-state index in [0.29, 0.717) is 12.6 Å². The number of nitrogens with one attached hydrogen (secondary N) is 2. The number of carbonyl (C=O) groups is 2. The Hall–Kier alpha value is -2.18. The van der Waals surface area contributed by atoms with Crippen LogP contribution in [-0.2, 0) is 4.79 Å². The molecule has 1 rings (SSSR count). The summed E-state index contributed by atoms with van der Waals surface area (Å²) in [7, 11) is 0. The smallest absolute Gasteiger partial charge is 0.254 e. The molecular weight excluding hydrogens is 280 g/mol. The van der Waals surface area contributed by atoms with Crippen molar-refractivity contribution in [3.63, 3.8) is 0 Å². The third kappa shape index (κ3) is 4.70. The first-order valence-electron chi connectivity index (χ1n) is 6.55. The monoisotopic (exact) mass is 299 g/mol. The number of benzene rings is 1. The highest BCUT2D eigenvalue weighted by Gasteiger charge is 2.19. The standard InChI is InChI=1S/C14H19F2N3O2/c1-7(2)6-18-13(20)8(3)19-14(21)9-4-10(15)11(16)5-12(9)17/h4-5,7-8H,6,17H2,1-3H3,(H,18,20)(H,19,21). The van der Waals surface area contributed by atoms with E-state index in [2.05, 4.69) is 10.6 Å². The number of nitrogens with two attached hydrogens (primary N) is 1. The van der Waals surface area contributed by atoms with Gasteiger partial charge in [-0.25, -0.2) is 8.78 Å². The third-order valence-corrected chi connectivity index (χ3v) is 2.76. The molecule has 0 bridgehead atoms. The van der Waals surface area contributed by atoms with Gasteiger partial charge in [0.25, 0.3) is 5.91 Å². The summed E-state index contributed by atoms with van der Waals surface area (Å²) in [5, 5.41) is 5.04. The number of halogens is 2. The van der Waals surface area contributed by atoms with Gasteiger partial charge in [0.2, 0.25) is 5.91 Å². The van der Waals surface area contributed by atoms with Gasteiger partial charge in [0.1, 0.15) is 6.04 Å². The molecule has 0 aliphatic rings. The lowest BCUT2D eigenvalue weighted by Gasteiger charge is -2.16. The first-order valence-corrected chi connectivity index (χ1v) is 6.55. The van der Waals surface area contributed by atoms with E-state index in [1.165, 1.54) is 6.92 Å². The summed E-state index contributed by atoms with van der Waals surface area (Å²) in [6, 6.07) is 0.621. The van der Waals surface area contributed by atoms with Gasteiger partial charge in [-0.3, -0.25) is 9.59 Å². The first kappa shape index (κ1) is 16.9. The zero-order valence-electron chi connectivity index (χ0n) is 12.2. The Labute approximate surface area is 121 Å². The molecule has 0 saturated carbocycles. The molecule has 0 aliphatic heterocycles. The van der Waals surface area contributed by atoms with Gasteiger partial charge < -0.3 is 16.4 Å². The van der Waals surface area contributed by atoms with Crippen LogP contribution in [0.15, 0.2) is 12.1 Å². The maximum atomic E-state index is 13.1. The predicted molar refractivity (Wildman–Crippen MR) is 75.5 cm³/mol. The third-order valence-electron chi connectivity index (χ3n) is 2.76. The van der Waals surface area contributed by atoms with Crippen LogP contribution in [0.1, 0.15) is 31.1 Å². The molecule has 1 atom stereocenters. The summed E-state index contributed by atoms with van der Waals surface area (Å²) in [6.07, 6.45) is 0. The van der Waals surface area contributed by atoms with E-state index < -0.39 is 23.6 Å². The molecule has 2 amide bonds. The molecule has 21 heavy (non-hydrogen) atoms. The molecule has 1 unspecified atom stereocenters. The Bertz CT molecular complexity index is 547. The summed E-state index contributed by atoms with van der Waals surface area (Å²) < 4.78 is 26.1. The molecule has 1 aromatic carbocycles. The molecule has 116 valence electrons. The second kappa shape index (κ2) is 7.01. The van der Waals surface area contributed by atoms with Crippen LogP contribution in [0.2, 0.25) is 0 Å². The van der Waals surface area contributed by atoms with Crippen LogP contribution in [-0.4, -0.2) is 24.4 Å². The number of nitrogen functional groups attached to an aromatic ring is 1. The Morgan fingerprint density at radius 2 is 1.76 bits per heavy atom. The van der Waals surface area contributed by atoms with Crippen LogP contribution in [0.4, 0.5) is 14.5 Å². The van der Waals surface area contributed by atoms with Crippen molar-refractivity contribution in [3.8, 4) is 0 Å².